The monoisotopic (exact) mass is 287 g/mol. The van der Waals surface area contributed by atoms with Crippen molar-refractivity contribution in [3.8, 4) is 0 Å². The molecule has 1 amide bonds. The first-order chi connectivity index (χ1) is 9.28. The number of esters is 1. The number of methoxy groups -OCH3 is 1. The van der Waals surface area contributed by atoms with Gasteiger partial charge in [-0.25, -0.2) is 9.59 Å². The summed E-state index contributed by atoms with van der Waals surface area (Å²) in [7, 11) is 1.32. The molecule has 1 aliphatic rings. The molecule has 0 radical (unpaired) electrons. The molecule has 2 atom stereocenters. The number of hydrogen-bond donors (Lipinski definition) is 0. The van der Waals surface area contributed by atoms with Crippen molar-refractivity contribution in [2.45, 2.75) is 58.3 Å². The summed E-state index contributed by atoms with van der Waals surface area (Å²) in [6.45, 7) is 8.35. The minimum atomic E-state index is -0.628. The van der Waals surface area contributed by atoms with E-state index in [1.54, 1.807) is 20.8 Å². The van der Waals surface area contributed by atoms with Crippen LogP contribution in [0.3, 0.4) is 0 Å². The number of hydrogen-bond acceptors (Lipinski definition) is 5. The van der Waals surface area contributed by atoms with E-state index in [9.17, 15) is 9.59 Å². The van der Waals surface area contributed by atoms with Gasteiger partial charge in [0.2, 0.25) is 0 Å². The minimum Gasteiger partial charge on any atom is -0.467 e. The smallest absolute Gasteiger partial charge is 0.411 e. The zero-order valence-corrected chi connectivity index (χ0v) is 13.0. The maximum Gasteiger partial charge on any atom is 0.411 e. The third-order valence-corrected chi connectivity index (χ3v) is 2.92. The standard InChI is InChI=1S/C14H25NO5/c1-6-7-19-10-8-11(12(16)18-5)15(9-10)13(17)20-14(2,3)4/h10-11H,6-9H2,1-5H3/t10-,11+/m1/s1. The van der Waals surface area contributed by atoms with Crippen molar-refractivity contribution in [2.75, 3.05) is 20.3 Å². The molecule has 0 bridgehead atoms. The number of nitrogens with zero attached hydrogens (tertiary/aromatic N) is 1. The Bertz CT molecular complexity index is 350. The SMILES string of the molecule is CCCO[C@@H]1C[C@@H](C(=O)OC)N(C(=O)OC(C)(C)C)C1. The van der Waals surface area contributed by atoms with Crippen LogP contribution in [-0.4, -0.2) is 55.0 Å². The van der Waals surface area contributed by atoms with Crippen molar-refractivity contribution < 1.29 is 23.8 Å². The molecule has 0 unspecified atom stereocenters. The topological polar surface area (TPSA) is 65.1 Å². The van der Waals surface area contributed by atoms with E-state index in [0.29, 0.717) is 19.6 Å². The van der Waals surface area contributed by atoms with Crippen molar-refractivity contribution in [3.05, 3.63) is 0 Å². The highest BCUT2D eigenvalue weighted by molar-refractivity contribution is 5.82. The average molecular weight is 287 g/mol. The van der Waals surface area contributed by atoms with Gasteiger partial charge in [-0.15, -0.1) is 0 Å². The van der Waals surface area contributed by atoms with Crippen LogP contribution in [0.5, 0.6) is 0 Å². The molecule has 1 fully saturated rings. The second-order valence-electron chi connectivity index (χ2n) is 5.90. The second kappa shape index (κ2) is 6.92. The highest BCUT2D eigenvalue weighted by Crippen LogP contribution is 2.24. The van der Waals surface area contributed by atoms with Crippen molar-refractivity contribution >= 4 is 12.1 Å². The normalized spacial score (nSPS) is 22.8. The fraction of sp³-hybridized carbons (Fsp3) is 0.857. The van der Waals surface area contributed by atoms with E-state index in [4.69, 9.17) is 14.2 Å². The summed E-state index contributed by atoms with van der Waals surface area (Å²) in [4.78, 5) is 25.3. The quantitative estimate of drug-likeness (QED) is 0.740. The summed E-state index contributed by atoms with van der Waals surface area (Å²) in [6, 6.07) is -0.628. The first kappa shape index (κ1) is 16.8. The van der Waals surface area contributed by atoms with E-state index in [0.717, 1.165) is 6.42 Å². The van der Waals surface area contributed by atoms with E-state index >= 15 is 0 Å². The molecule has 0 aliphatic carbocycles. The number of carbonyl (C=O) groups excluding carboxylic acids is 2. The molecule has 0 N–H and O–H groups in total. The zero-order chi connectivity index (χ0) is 15.3. The number of amides is 1. The van der Waals surface area contributed by atoms with Crippen LogP contribution in [0.15, 0.2) is 0 Å². The van der Waals surface area contributed by atoms with Crippen molar-refractivity contribution in [3.63, 3.8) is 0 Å². The maximum absolute atomic E-state index is 12.2. The van der Waals surface area contributed by atoms with Gasteiger partial charge in [0, 0.05) is 13.0 Å². The van der Waals surface area contributed by atoms with Gasteiger partial charge < -0.3 is 14.2 Å². The molecule has 116 valence electrons. The Labute approximate surface area is 120 Å². The minimum absolute atomic E-state index is 0.147. The lowest BCUT2D eigenvalue weighted by Gasteiger charge is -2.27. The van der Waals surface area contributed by atoms with E-state index < -0.39 is 23.7 Å². The molecule has 0 spiro atoms. The van der Waals surface area contributed by atoms with Gasteiger partial charge in [-0.3, -0.25) is 4.90 Å². The Kier molecular flexibility index (Phi) is 5.80. The van der Waals surface area contributed by atoms with Crippen molar-refractivity contribution in [2.24, 2.45) is 0 Å². The van der Waals surface area contributed by atoms with Crippen LogP contribution in [-0.2, 0) is 19.0 Å². The maximum atomic E-state index is 12.2. The van der Waals surface area contributed by atoms with Crippen LogP contribution in [0.1, 0.15) is 40.5 Å². The summed E-state index contributed by atoms with van der Waals surface area (Å²) >= 11 is 0. The Morgan fingerprint density at radius 2 is 1.95 bits per heavy atom. The van der Waals surface area contributed by atoms with Crippen LogP contribution in [0, 0.1) is 0 Å². The molecular formula is C14H25NO5. The number of carbonyl (C=O) groups is 2. The molecule has 6 heteroatoms. The van der Waals surface area contributed by atoms with Crippen molar-refractivity contribution in [1.29, 1.82) is 0 Å². The van der Waals surface area contributed by atoms with Gasteiger partial charge in [0.25, 0.3) is 0 Å². The van der Waals surface area contributed by atoms with Crippen LogP contribution >= 0.6 is 0 Å². The molecule has 1 heterocycles. The van der Waals surface area contributed by atoms with Crippen LogP contribution in [0.4, 0.5) is 4.79 Å². The van der Waals surface area contributed by atoms with Gasteiger partial charge in [0.05, 0.1) is 19.8 Å². The lowest BCUT2D eigenvalue weighted by molar-refractivity contribution is -0.145. The first-order valence-corrected chi connectivity index (χ1v) is 6.97. The molecule has 20 heavy (non-hydrogen) atoms. The van der Waals surface area contributed by atoms with Gasteiger partial charge in [-0.1, -0.05) is 6.92 Å². The molecular weight excluding hydrogens is 262 g/mol. The van der Waals surface area contributed by atoms with E-state index in [1.165, 1.54) is 12.0 Å². The molecule has 1 saturated heterocycles. The number of likely N-dealkylation sites (tertiary alicyclic amines) is 1. The predicted molar refractivity (Wildman–Crippen MR) is 73.4 cm³/mol. The highest BCUT2D eigenvalue weighted by atomic mass is 16.6. The molecule has 0 saturated carbocycles. The predicted octanol–water partition coefficient (Wildman–Crippen LogP) is 1.96. The fourth-order valence-electron chi connectivity index (χ4n) is 2.08. The highest BCUT2D eigenvalue weighted by Gasteiger charge is 2.42. The number of ether oxygens (including phenoxy) is 3. The van der Waals surface area contributed by atoms with Gasteiger partial charge in [-0.2, -0.15) is 0 Å². The van der Waals surface area contributed by atoms with Crippen LogP contribution < -0.4 is 0 Å². The van der Waals surface area contributed by atoms with Crippen LogP contribution in [0.2, 0.25) is 0 Å². The largest absolute Gasteiger partial charge is 0.467 e. The third kappa shape index (κ3) is 4.67. The summed E-state index contributed by atoms with van der Waals surface area (Å²) in [5.74, 6) is -0.432. The molecule has 6 nitrogen and oxygen atoms in total. The summed E-state index contributed by atoms with van der Waals surface area (Å²) in [6.07, 6.45) is 0.694. The van der Waals surface area contributed by atoms with E-state index in [-0.39, 0.29) is 6.10 Å². The Hall–Kier alpha value is -1.30. The lowest BCUT2D eigenvalue weighted by atomic mass is 10.2. The number of rotatable bonds is 4. The van der Waals surface area contributed by atoms with E-state index in [2.05, 4.69) is 0 Å². The first-order valence-electron chi connectivity index (χ1n) is 6.97. The average Bonchev–Trinajstić information content (AvgIpc) is 2.77. The molecule has 0 aromatic carbocycles. The Morgan fingerprint density at radius 1 is 1.30 bits per heavy atom. The second-order valence-corrected chi connectivity index (χ2v) is 5.90. The van der Waals surface area contributed by atoms with Gasteiger partial charge in [-0.05, 0) is 27.2 Å². The van der Waals surface area contributed by atoms with Gasteiger partial charge in [0.1, 0.15) is 11.6 Å². The fourth-order valence-corrected chi connectivity index (χ4v) is 2.08. The van der Waals surface area contributed by atoms with E-state index in [1.807, 2.05) is 6.92 Å². The summed E-state index contributed by atoms with van der Waals surface area (Å²) < 4.78 is 15.7. The molecule has 1 rings (SSSR count). The van der Waals surface area contributed by atoms with Gasteiger partial charge >= 0.3 is 12.1 Å². The van der Waals surface area contributed by atoms with Crippen molar-refractivity contribution in [1.82, 2.24) is 4.90 Å². The zero-order valence-electron chi connectivity index (χ0n) is 13.0. The Balaban J connectivity index is 2.73. The lowest BCUT2D eigenvalue weighted by Crippen LogP contribution is -2.44. The third-order valence-electron chi connectivity index (χ3n) is 2.92. The summed E-state index contributed by atoms with van der Waals surface area (Å²) in [5.41, 5.74) is -0.597. The van der Waals surface area contributed by atoms with Gasteiger partial charge in [0.15, 0.2) is 0 Å². The van der Waals surface area contributed by atoms with Crippen LogP contribution in [0.25, 0.3) is 0 Å². The molecule has 1 aliphatic heterocycles. The molecule has 0 aromatic rings. The summed E-state index contributed by atoms with van der Waals surface area (Å²) in [5, 5.41) is 0. The molecule has 0 aromatic heterocycles. The Morgan fingerprint density at radius 3 is 2.45 bits per heavy atom.